The number of amides is 2. The topological polar surface area (TPSA) is 87.7 Å². The summed E-state index contributed by atoms with van der Waals surface area (Å²) < 4.78 is 5.15. The Morgan fingerprint density at radius 1 is 1.45 bits per heavy atom. The van der Waals surface area contributed by atoms with Crippen LogP contribution in [0.25, 0.3) is 0 Å². The molecule has 7 heteroatoms. The molecule has 20 heavy (non-hydrogen) atoms. The molecule has 0 bridgehead atoms. The van der Waals surface area contributed by atoms with Crippen LogP contribution in [0.3, 0.4) is 0 Å². The predicted octanol–water partition coefficient (Wildman–Crippen LogP) is 2.01. The highest BCUT2D eigenvalue weighted by Gasteiger charge is 2.17. The molecular weight excluding hydrogens is 284 g/mol. The number of urea groups is 1. The maximum atomic E-state index is 11.6. The number of aliphatic carboxylic acids is 1. The van der Waals surface area contributed by atoms with Gasteiger partial charge in [0.2, 0.25) is 0 Å². The van der Waals surface area contributed by atoms with E-state index in [1.54, 1.807) is 25.1 Å². The lowest BCUT2D eigenvalue weighted by molar-refractivity contribution is -0.139. The number of hydrogen-bond acceptors (Lipinski definition) is 3. The van der Waals surface area contributed by atoms with Crippen molar-refractivity contribution >= 4 is 23.6 Å². The summed E-state index contributed by atoms with van der Waals surface area (Å²) in [5.74, 6) is -0.513. The van der Waals surface area contributed by atoms with E-state index in [0.29, 0.717) is 22.8 Å². The van der Waals surface area contributed by atoms with Crippen LogP contribution in [-0.2, 0) is 11.3 Å². The smallest absolute Gasteiger partial charge is 0.326 e. The van der Waals surface area contributed by atoms with E-state index in [4.69, 9.17) is 21.4 Å². The van der Waals surface area contributed by atoms with E-state index in [1.165, 1.54) is 7.11 Å². The molecule has 0 unspecified atom stereocenters. The van der Waals surface area contributed by atoms with Crippen LogP contribution in [0.15, 0.2) is 18.2 Å². The summed E-state index contributed by atoms with van der Waals surface area (Å²) in [6.45, 7) is 1.82. The first-order valence-corrected chi connectivity index (χ1v) is 6.46. The number of halogens is 1. The molecule has 0 saturated carbocycles. The Morgan fingerprint density at radius 2 is 2.15 bits per heavy atom. The SMILES string of the molecule is CC[C@H](NC(=O)NCc1c(Cl)cccc1OC)C(=O)O. The minimum absolute atomic E-state index is 0.144. The number of methoxy groups -OCH3 is 1. The third kappa shape index (κ3) is 4.31. The van der Waals surface area contributed by atoms with E-state index in [-0.39, 0.29) is 6.54 Å². The summed E-state index contributed by atoms with van der Waals surface area (Å²) >= 11 is 6.03. The number of nitrogens with one attached hydrogen (secondary N) is 2. The van der Waals surface area contributed by atoms with Crippen LogP contribution in [0.5, 0.6) is 5.75 Å². The summed E-state index contributed by atoms with van der Waals surface area (Å²) in [7, 11) is 1.51. The van der Waals surface area contributed by atoms with E-state index in [1.807, 2.05) is 0 Å². The largest absolute Gasteiger partial charge is 0.496 e. The average Bonchev–Trinajstić information content (AvgIpc) is 2.42. The fourth-order valence-electron chi connectivity index (χ4n) is 1.62. The number of carboxylic acids is 1. The predicted molar refractivity (Wildman–Crippen MR) is 75.1 cm³/mol. The van der Waals surface area contributed by atoms with Gasteiger partial charge in [-0.2, -0.15) is 0 Å². The summed E-state index contributed by atoms with van der Waals surface area (Å²) in [6, 6.07) is 3.67. The molecule has 1 aromatic rings. The number of carboxylic acid groups (broad SMARTS) is 1. The normalized spacial score (nSPS) is 11.6. The van der Waals surface area contributed by atoms with Gasteiger partial charge in [-0.3, -0.25) is 0 Å². The summed E-state index contributed by atoms with van der Waals surface area (Å²) in [5.41, 5.74) is 0.634. The molecule has 0 aliphatic rings. The zero-order valence-electron chi connectivity index (χ0n) is 11.3. The Morgan fingerprint density at radius 3 is 2.70 bits per heavy atom. The maximum Gasteiger partial charge on any atom is 0.326 e. The Balaban J connectivity index is 2.63. The molecule has 0 aromatic heterocycles. The van der Waals surface area contributed by atoms with E-state index >= 15 is 0 Å². The standard InChI is InChI=1S/C13H17ClN2O4/c1-3-10(12(17)18)16-13(19)15-7-8-9(14)5-4-6-11(8)20-2/h4-6,10H,3,7H2,1-2H3,(H,17,18)(H2,15,16,19)/t10-/m0/s1. The van der Waals surface area contributed by atoms with Gasteiger partial charge in [0.1, 0.15) is 11.8 Å². The second-order valence-corrected chi connectivity index (χ2v) is 4.45. The Bertz CT molecular complexity index is 493. The fourth-order valence-corrected chi connectivity index (χ4v) is 1.85. The molecule has 1 atom stereocenters. The molecule has 110 valence electrons. The highest BCUT2D eigenvalue weighted by molar-refractivity contribution is 6.31. The van der Waals surface area contributed by atoms with Gasteiger partial charge in [0.05, 0.1) is 7.11 Å². The molecule has 1 rings (SSSR count). The van der Waals surface area contributed by atoms with Gasteiger partial charge in [0, 0.05) is 17.1 Å². The van der Waals surface area contributed by atoms with Gasteiger partial charge in [-0.1, -0.05) is 24.6 Å². The molecule has 0 aliphatic carbocycles. The van der Waals surface area contributed by atoms with Crippen molar-refractivity contribution in [2.24, 2.45) is 0 Å². The Kier molecular flexibility index (Phi) is 6.11. The van der Waals surface area contributed by atoms with Crippen molar-refractivity contribution in [3.63, 3.8) is 0 Å². The molecule has 6 nitrogen and oxygen atoms in total. The lowest BCUT2D eigenvalue weighted by Gasteiger charge is -2.15. The summed E-state index contributed by atoms with van der Waals surface area (Å²) in [6.07, 6.45) is 0.304. The minimum atomic E-state index is -1.07. The minimum Gasteiger partial charge on any atom is -0.496 e. The van der Waals surface area contributed by atoms with Crippen LogP contribution in [0.2, 0.25) is 5.02 Å². The quantitative estimate of drug-likeness (QED) is 0.750. The van der Waals surface area contributed by atoms with Crippen molar-refractivity contribution in [2.75, 3.05) is 7.11 Å². The molecule has 0 aliphatic heterocycles. The molecular formula is C13H17ClN2O4. The average molecular weight is 301 g/mol. The van der Waals surface area contributed by atoms with Gasteiger partial charge in [-0.25, -0.2) is 9.59 Å². The van der Waals surface area contributed by atoms with Crippen molar-refractivity contribution in [2.45, 2.75) is 25.9 Å². The Labute approximate surface area is 122 Å². The van der Waals surface area contributed by atoms with Crippen molar-refractivity contribution in [3.05, 3.63) is 28.8 Å². The van der Waals surface area contributed by atoms with E-state index in [2.05, 4.69) is 10.6 Å². The van der Waals surface area contributed by atoms with Crippen molar-refractivity contribution < 1.29 is 19.4 Å². The second kappa shape index (κ2) is 7.59. The van der Waals surface area contributed by atoms with Crippen molar-refractivity contribution in [1.29, 1.82) is 0 Å². The Hall–Kier alpha value is -1.95. The molecule has 1 aromatic carbocycles. The van der Waals surface area contributed by atoms with Crippen LogP contribution < -0.4 is 15.4 Å². The van der Waals surface area contributed by atoms with Gasteiger partial charge in [0.15, 0.2) is 0 Å². The van der Waals surface area contributed by atoms with Crippen LogP contribution in [0.1, 0.15) is 18.9 Å². The molecule has 2 amide bonds. The van der Waals surface area contributed by atoms with Crippen molar-refractivity contribution in [1.82, 2.24) is 10.6 Å². The summed E-state index contributed by atoms with van der Waals surface area (Å²) in [5, 5.41) is 14.2. The first-order valence-electron chi connectivity index (χ1n) is 6.08. The number of rotatable bonds is 6. The zero-order valence-corrected chi connectivity index (χ0v) is 12.0. The molecule has 0 heterocycles. The van der Waals surface area contributed by atoms with Crippen LogP contribution >= 0.6 is 11.6 Å². The van der Waals surface area contributed by atoms with E-state index in [9.17, 15) is 9.59 Å². The highest BCUT2D eigenvalue weighted by Crippen LogP contribution is 2.25. The number of hydrogen-bond donors (Lipinski definition) is 3. The first kappa shape index (κ1) is 16.1. The third-order valence-corrected chi connectivity index (χ3v) is 3.09. The zero-order chi connectivity index (χ0) is 15.1. The number of carbonyl (C=O) groups is 2. The van der Waals surface area contributed by atoms with E-state index in [0.717, 1.165) is 0 Å². The van der Waals surface area contributed by atoms with Gasteiger partial charge >= 0.3 is 12.0 Å². The van der Waals surface area contributed by atoms with Gasteiger partial charge in [-0.15, -0.1) is 0 Å². The lowest BCUT2D eigenvalue weighted by Crippen LogP contribution is -2.45. The van der Waals surface area contributed by atoms with E-state index < -0.39 is 18.0 Å². The number of benzene rings is 1. The van der Waals surface area contributed by atoms with Crippen LogP contribution in [0, 0.1) is 0 Å². The van der Waals surface area contributed by atoms with Gasteiger partial charge < -0.3 is 20.5 Å². The monoisotopic (exact) mass is 300 g/mol. The molecule has 0 spiro atoms. The van der Waals surface area contributed by atoms with Gasteiger partial charge in [0.25, 0.3) is 0 Å². The molecule has 0 fully saturated rings. The maximum absolute atomic E-state index is 11.6. The van der Waals surface area contributed by atoms with Crippen molar-refractivity contribution in [3.8, 4) is 5.75 Å². The number of ether oxygens (including phenoxy) is 1. The highest BCUT2D eigenvalue weighted by atomic mass is 35.5. The van der Waals surface area contributed by atoms with Crippen LogP contribution in [-0.4, -0.2) is 30.3 Å². The molecule has 0 saturated heterocycles. The van der Waals surface area contributed by atoms with Gasteiger partial charge in [-0.05, 0) is 18.6 Å². The molecule has 0 radical (unpaired) electrons. The first-order chi connectivity index (χ1) is 9.49. The number of carbonyl (C=O) groups excluding carboxylic acids is 1. The second-order valence-electron chi connectivity index (χ2n) is 4.05. The fraction of sp³-hybridized carbons (Fsp3) is 0.385. The third-order valence-electron chi connectivity index (χ3n) is 2.73. The van der Waals surface area contributed by atoms with Crippen LogP contribution in [0.4, 0.5) is 4.79 Å². The lowest BCUT2D eigenvalue weighted by atomic mass is 10.2. The summed E-state index contributed by atoms with van der Waals surface area (Å²) in [4.78, 5) is 22.4. The molecule has 3 N–H and O–H groups in total.